The molecule has 0 aromatic heterocycles. The highest BCUT2D eigenvalue weighted by Gasteiger charge is 2.25. The summed E-state index contributed by atoms with van der Waals surface area (Å²) in [5.74, 6) is -0.346. The molecule has 1 aliphatic heterocycles. The van der Waals surface area contributed by atoms with Crippen LogP contribution < -0.4 is 4.90 Å². The smallest absolute Gasteiger partial charge is 0.152 e. The molecule has 16 heavy (non-hydrogen) atoms. The monoisotopic (exact) mass is 223 g/mol. The molecule has 1 saturated heterocycles. The summed E-state index contributed by atoms with van der Waals surface area (Å²) in [5.41, 5.74) is 0.800. The van der Waals surface area contributed by atoms with Gasteiger partial charge in [-0.1, -0.05) is 6.07 Å². The third-order valence-electron chi connectivity index (χ3n) is 2.94. The van der Waals surface area contributed by atoms with Crippen molar-refractivity contribution in [2.45, 2.75) is 12.5 Å². The number of methoxy groups -OCH3 is 1. The number of anilines is 1. The van der Waals surface area contributed by atoms with Crippen molar-refractivity contribution in [1.29, 1.82) is 0 Å². The standard InChI is InChI=1S/C12H14FNO2/c1-16-10-5-6-14(7-10)12-9(8-15)3-2-4-11(12)13/h2-4,8,10H,5-7H2,1H3. The van der Waals surface area contributed by atoms with Crippen LogP contribution in [0.1, 0.15) is 16.8 Å². The molecule has 0 spiro atoms. The number of nitrogens with zero attached hydrogens (tertiary/aromatic N) is 1. The van der Waals surface area contributed by atoms with Crippen LogP contribution in [0.25, 0.3) is 0 Å². The summed E-state index contributed by atoms with van der Waals surface area (Å²) < 4.78 is 18.9. The Labute approximate surface area is 93.8 Å². The zero-order valence-corrected chi connectivity index (χ0v) is 9.15. The van der Waals surface area contributed by atoms with E-state index in [0.717, 1.165) is 13.0 Å². The number of hydrogen-bond acceptors (Lipinski definition) is 3. The summed E-state index contributed by atoms with van der Waals surface area (Å²) >= 11 is 0. The van der Waals surface area contributed by atoms with Gasteiger partial charge in [0.05, 0.1) is 11.8 Å². The summed E-state index contributed by atoms with van der Waals surface area (Å²) in [7, 11) is 1.65. The Morgan fingerprint density at radius 1 is 1.56 bits per heavy atom. The van der Waals surface area contributed by atoms with Gasteiger partial charge in [-0.05, 0) is 18.6 Å². The Morgan fingerprint density at radius 2 is 2.38 bits per heavy atom. The van der Waals surface area contributed by atoms with Crippen molar-refractivity contribution in [3.63, 3.8) is 0 Å². The summed E-state index contributed by atoms with van der Waals surface area (Å²) in [6.07, 6.45) is 1.68. The Balaban J connectivity index is 2.30. The molecular weight excluding hydrogens is 209 g/mol. The van der Waals surface area contributed by atoms with Crippen molar-refractivity contribution in [3.05, 3.63) is 29.6 Å². The molecule has 0 bridgehead atoms. The van der Waals surface area contributed by atoms with Crippen LogP contribution in [0.3, 0.4) is 0 Å². The van der Waals surface area contributed by atoms with E-state index in [2.05, 4.69) is 0 Å². The maximum absolute atomic E-state index is 13.7. The van der Waals surface area contributed by atoms with Crippen LogP contribution in [0.2, 0.25) is 0 Å². The maximum Gasteiger partial charge on any atom is 0.152 e. The maximum atomic E-state index is 13.7. The number of carbonyl (C=O) groups excluding carboxylic acids is 1. The molecule has 1 heterocycles. The molecule has 0 amide bonds. The normalized spacial score (nSPS) is 20.1. The summed E-state index contributed by atoms with van der Waals surface area (Å²) in [5, 5.41) is 0. The molecule has 0 N–H and O–H groups in total. The van der Waals surface area contributed by atoms with Crippen molar-refractivity contribution in [3.8, 4) is 0 Å². The zero-order valence-electron chi connectivity index (χ0n) is 9.15. The Kier molecular flexibility index (Phi) is 3.19. The van der Waals surface area contributed by atoms with Crippen molar-refractivity contribution < 1.29 is 13.9 Å². The minimum absolute atomic E-state index is 0.124. The van der Waals surface area contributed by atoms with E-state index in [9.17, 15) is 9.18 Å². The molecule has 2 rings (SSSR count). The highest BCUT2D eigenvalue weighted by atomic mass is 19.1. The minimum atomic E-state index is -0.346. The van der Waals surface area contributed by atoms with Gasteiger partial charge in [-0.3, -0.25) is 4.79 Å². The summed E-state index contributed by atoms with van der Waals surface area (Å²) in [4.78, 5) is 12.7. The predicted molar refractivity (Wildman–Crippen MR) is 59.4 cm³/mol. The summed E-state index contributed by atoms with van der Waals surface area (Å²) in [6, 6.07) is 4.56. The number of hydrogen-bond donors (Lipinski definition) is 0. The molecule has 1 aliphatic rings. The number of ether oxygens (including phenoxy) is 1. The van der Waals surface area contributed by atoms with Gasteiger partial charge in [-0.2, -0.15) is 0 Å². The van der Waals surface area contributed by atoms with Crippen LogP contribution in [0.15, 0.2) is 18.2 Å². The van der Waals surface area contributed by atoms with E-state index in [1.54, 1.807) is 19.2 Å². The van der Waals surface area contributed by atoms with E-state index < -0.39 is 0 Å². The van der Waals surface area contributed by atoms with Gasteiger partial charge in [-0.25, -0.2) is 4.39 Å². The molecule has 0 radical (unpaired) electrons. The van der Waals surface area contributed by atoms with Crippen LogP contribution in [0.4, 0.5) is 10.1 Å². The Bertz CT molecular complexity index is 395. The van der Waals surface area contributed by atoms with Crippen LogP contribution in [-0.4, -0.2) is 32.6 Å². The van der Waals surface area contributed by atoms with Crippen molar-refractivity contribution in [2.24, 2.45) is 0 Å². The fourth-order valence-corrected chi connectivity index (χ4v) is 2.08. The highest BCUT2D eigenvalue weighted by molar-refractivity contribution is 5.85. The second-order valence-electron chi connectivity index (χ2n) is 3.89. The lowest BCUT2D eigenvalue weighted by atomic mass is 10.1. The number of carbonyl (C=O) groups is 1. The predicted octanol–water partition coefficient (Wildman–Crippen LogP) is 1.86. The Morgan fingerprint density at radius 3 is 3.00 bits per heavy atom. The first-order valence-corrected chi connectivity index (χ1v) is 5.27. The van der Waals surface area contributed by atoms with E-state index in [1.165, 1.54) is 6.07 Å². The lowest BCUT2D eigenvalue weighted by Gasteiger charge is -2.20. The molecule has 0 aliphatic carbocycles. The molecular formula is C12H14FNO2. The Hall–Kier alpha value is -1.42. The lowest BCUT2D eigenvalue weighted by Crippen LogP contribution is -2.24. The fraction of sp³-hybridized carbons (Fsp3) is 0.417. The van der Waals surface area contributed by atoms with E-state index >= 15 is 0 Å². The number of rotatable bonds is 3. The average Bonchev–Trinajstić information content (AvgIpc) is 2.76. The van der Waals surface area contributed by atoms with Crippen LogP contribution in [0.5, 0.6) is 0 Å². The number of benzene rings is 1. The number of halogens is 1. The van der Waals surface area contributed by atoms with Gasteiger partial charge in [0, 0.05) is 25.8 Å². The summed E-state index contributed by atoms with van der Waals surface area (Å²) in [6.45, 7) is 1.36. The molecule has 4 heteroatoms. The van der Waals surface area contributed by atoms with Gasteiger partial charge in [0.2, 0.25) is 0 Å². The average molecular weight is 223 g/mol. The quantitative estimate of drug-likeness (QED) is 0.732. The molecule has 1 aromatic carbocycles. The minimum Gasteiger partial charge on any atom is -0.380 e. The van der Waals surface area contributed by atoms with Gasteiger partial charge in [-0.15, -0.1) is 0 Å². The highest BCUT2D eigenvalue weighted by Crippen LogP contribution is 2.27. The first-order chi connectivity index (χ1) is 7.76. The SMILES string of the molecule is COC1CCN(c2c(F)cccc2C=O)C1. The van der Waals surface area contributed by atoms with Gasteiger partial charge in [0.25, 0.3) is 0 Å². The second-order valence-corrected chi connectivity index (χ2v) is 3.89. The zero-order chi connectivity index (χ0) is 11.5. The molecule has 1 fully saturated rings. The van der Waals surface area contributed by atoms with Crippen LogP contribution in [-0.2, 0) is 4.74 Å². The van der Waals surface area contributed by atoms with Gasteiger partial charge < -0.3 is 9.64 Å². The molecule has 1 atom stereocenters. The topological polar surface area (TPSA) is 29.5 Å². The van der Waals surface area contributed by atoms with E-state index in [-0.39, 0.29) is 11.9 Å². The van der Waals surface area contributed by atoms with Crippen LogP contribution in [0, 0.1) is 5.82 Å². The van der Waals surface area contributed by atoms with E-state index in [0.29, 0.717) is 24.1 Å². The largest absolute Gasteiger partial charge is 0.380 e. The van der Waals surface area contributed by atoms with Crippen LogP contribution >= 0.6 is 0 Å². The molecule has 1 unspecified atom stereocenters. The fourth-order valence-electron chi connectivity index (χ4n) is 2.08. The van der Waals surface area contributed by atoms with Crippen molar-refractivity contribution in [2.75, 3.05) is 25.1 Å². The first kappa shape index (κ1) is 11.1. The molecule has 3 nitrogen and oxygen atoms in total. The third-order valence-corrected chi connectivity index (χ3v) is 2.94. The van der Waals surface area contributed by atoms with Crippen molar-refractivity contribution >= 4 is 12.0 Å². The lowest BCUT2D eigenvalue weighted by molar-refractivity contribution is 0.112. The second kappa shape index (κ2) is 4.61. The third kappa shape index (κ3) is 1.93. The van der Waals surface area contributed by atoms with E-state index in [4.69, 9.17) is 4.74 Å². The van der Waals surface area contributed by atoms with Gasteiger partial charge in [0.1, 0.15) is 5.82 Å². The molecule has 0 saturated carbocycles. The first-order valence-electron chi connectivity index (χ1n) is 5.27. The van der Waals surface area contributed by atoms with Crippen molar-refractivity contribution in [1.82, 2.24) is 0 Å². The van der Waals surface area contributed by atoms with Gasteiger partial charge >= 0.3 is 0 Å². The van der Waals surface area contributed by atoms with Gasteiger partial charge in [0.15, 0.2) is 6.29 Å². The van der Waals surface area contributed by atoms with E-state index in [1.807, 2.05) is 4.90 Å². The molecule has 1 aromatic rings. The number of para-hydroxylation sites is 1. The molecule has 86 valence electrons. The number of aldehydes is 1.